The van der Waals surface area contributed by atoms with E-state index in [2.05, 4.69) is 10.1 Å². The monoisotopic (exact) mass is 203 g/mol. The summed E-state index contributed by atoms with van der Waals surface area (Å²) in [5, 5.41) is 4.33. The Bertz CT molecular complexity index is 436. The smallest absolute Gasteiger partial charge is 0.218 e. The molecule has 0 saturated heterocycles. The molecule has 0 aliphatic carbocycles. The largest absolute Gasteiger partial charge is 0.478 e. The minimum absolute atomic E-state index is 0.623. The summed E-state index contributed by atoms with van der Waals surface area (Å²) in [6, 6.07) is 7.60. The molecule has 0 atom stereocenters. The average molecular weight is 203 g/mol. The van der Waals surface area contributed by atoms with E-state index in [-0.39, 0.29) is 0 Å². The number of hydrogen-bond donors (Lipinski definition) is 0. The standard InChI is InChI=1S/C11H13N3O/c1-3-15-11-8-9(2)13-14(11)10-6-4-5-7-12-10/h4-8H,3H2,1-2H3. The summed E-state index contributed by atoms with van der Waals surface area (Å²) in [5.41, 5.74) is 0.920. The summed E-state index contributed by atoms with van der Waals surface area (Å²) >= 11 is 0. The lowest BCUT2D eigenvalue weighted by Crippen LogP contribution is -2.03. The number of nitrogens with zero attached hydrogens (tertiary/aromatic N) is 3. The van der Waals surface area contributed by atoms with Gasteiger partial charge in [-0.05, 0) is 26.0 Å². The molecule has 78 valence electrons. The maximum absolute atomic E-state index is 5.47. The molecular formula is C11H13N3O. The fourth-order valence-corrected chi connectivity index (χ4v) is 1.37. The predicted octanol–water partition coefficient (Wildman–Crippen LogP) is 1.97. The van der Waals surface area contributed by atoms with Gasteiger partial charge in [-0.3, -0.25) is 0 Å². The molecular weight excluding hydrogens is 190 g/mol. The first-order valence-electron chi connectivity index (χ1n) is 4.92. The summed E-state index contributed by atoms with van der Waals surface area (Å²) in [4.78, 5) is 4.23. The fourth-order valence-electron chi connectivity index (χ4n) is 1.37. The van der Waals surface area contributed by atoms with Crippen molar-refractivity contribution in [2.45, 2.75) is 13.8 Å². The Morgan fingerprint density at radius 3 is 2.93 bits per heavy atom. The van der Waals surface area contributed by atoms with Crippen LogP contribution in [0.25, 0.3) is 5.82 Å². The molecule has 0 aromatic carbocycles. The highest BCUT2D eigenvalue weighted by atomic mass is 16.5. The number of rotatable bonds is 3. The SMILES string of the molecule is CCOc1cc(C)nn1-c1ccccn1. The van der Waals surface area contributed by atoms with Crippen LogP contribution in [0, 0.1) is 6.92 Å². The topological polar surface area (TPSA) is 39.9 Å². The van der Waals surface area contributed by atoms with Gasteiger partial charge in [0.05, 0.1) is 12.3 Å². The molecule has 2 heterocycles. The molecule has 0 bridgehead atoms. The summed E-state index contributed by atoms with van der Waals surface area (Å²) < 4.78 is 7.18. The first-order valence-corrected chi connectivity index (χ1v) is 4.92. The zero-order chi connectivity index (χ0) is 10.7. The van der Waals surface area contributed by atoms with Crippen LogP contribution >= 0.6 is 0 Å². The van der Waals surface area contributed by atoms with Gasteiger partial charge in [0.2, 0.25) is 5.88 Å². The molecule has 0 fully saturated rings. The van der Waals surface area contributed by atoms with Gasteiger partial charge in [0.25, 0.3) is 0 Å². The minimum atomic E-state index is 0.623. The second-order valence-corrected chi connectivity index (χ2v) is 3.16. The summed E-state index contributed by atoms with van der Waals surface area (Å²) in [5.74, 6) is 1.50. The lowest BCUT2D eigenvalue weighted by Gasteiger charge is -2.05. The molecule has 4 nitrogen and oxygen atoms in total. The van der Waals surface area contributed by atoms with Crippen molar-refractivity contribution < 1.29 is 4.74 Å². The van der Waals surface area contributed by atoms with E-state index >= 15 is 0 Å². The van der Waals surface area contributed by atoms with Crippen LogP contribution < -0.4 is 4.74 Å². The van der Waals surface area contributed by atoms with Crippen molar-refractivity contribution in [2.24, 2.45) is 0 Å². The quantitative estimate of drug-likeness (QED) is 0.765. The molecule has 0 saturated carbocycles. The Morgan fingerprint density at radius 2 is 2.27 bits per heavy atom. The van der Waals surface area contributed by atoms with E-state index in [1.54, 1.807) is 10.9 Å². The second-order valence-electron chi connectivity index (χ2n) is 3.16. The van der Waals surface area contributed by atoms with E-state index < -0.39 is 0 Å². The molecule has 0 aliphatic heterocycles. The van der Waals surface area contributed by atoms with Crippen LogP contribution in [0.15, 0.2) is 30.5 Å². The van der Waals surface area contributed by atoms with Crippen molar-refractivity contribution >= 4 is 0 Å². The van der Waals surface area contributed by atoms with E-state index in [1.807, 2.05) is 38.1 Å². The van der Waals surface area contributed by atoms with Gasteiger partial charge in [-0.15, -0.1) is 0 Å². The minimum Gasteiger partial charge on any atom is -0.478 e. The van der Waals surface area contributed by atoms with Gasteiger partial charge in [0.1, 0.15) is 0 Å². The number of ether oxygens (including phenoxy) is 1. The van der Waals surface area contributed by atoms with Crippen LogP contribution in [-0.4, -0.2) is 21.4 Å². The third-order valence-electron chi connectivity index (χ3n) is 1.96. The van der Waals surface area contributed by atoms with Gasteiger partial charge in [-0.2, -0.15) is 9.78 Å². The first kappa shape index (κ1) is 9.71. The molecule has 0 radical (unpaired) electrons. The van der Waals surface area contributed by atoms with Gasteiger partial charge < -0.3 is 4.74 Å². The van der Waals surface area contributed by atoms with Crippen molar-refractivity contribution in [1.82, 2.24) is 14.8 Å². The van der Waals surface area contributed by atoms with E-state index in [4.69, 9.17) is 4.74 Å². The van der Waals surface area contributed by atoms with Crippen molar-refractivity contribution in [3.8, 4) is 11.7 Å². The Morgan fingerprint density at radius 1 is 1.40 bits per heavy atom. The molecule has 2 rings (SSSR count). The summed E-state index contributed by atoms with van der Waals surface area (Å²) in [6.45, 7) is 4.50. The lowest BCUT2D eigenvalue weighted by atomic mass is 10.4. The second kappa shape index (κ2) is 4.13. The van der Waals surface area contributed by atoms with Crippen LogP contribution in [0.1, 0.15) is 12.6 Å². The summed E-state index contributed by atoms with van der Waals surface area (Å²) in [6.07, 6.45) is 1.74. The molecule has 15 heavy (non-hydrogen) atoms. The van der Waals surface area contributed by atoms with Crippen LogP contribution in [0.2, 0.25) is 0 Å². The molecule has 0 unspecified atom stereocenters. The van der Waals surface area contributed by atoms with Gasteiger partial charge in [-0.25, -0.2) is 4.98 Å². The Balaban J connectivity index is 2.43. The van der Waals surface area contributed by atoms with Crippen LogP contribution in [0.3, 0.4) is 0 Å². The lowest BCUT2D eigenvalue weighted by molar-refractivity contribution is 0.316. The normalized spacial score (nSPS) is 10.3. The fraction of sp³-hybridized carbons (Fsp3) is 0.273. The van der Waals surface area contributed by atoms with E-state index in [9.17, 15) is 0 Å². The molecule has 0 aliphatic rings. The molecule has 2 aromatic rings. The molecule has 0 N–H and O–H groups in total. The third-order valence-corrected chi connectivity index (χ3v) is 1.96. The Hall–Kier alpha value is -1.84. The highest BCUT2D eigenvalue weighted by Crippen LogP contribution is 2.17. The van der Waals surface area contributed by atoms with Crippen molar-refractivity contribution in [1.29, 1.82) is 0 Å². The first-order chi connectivity index (χ1) is 7.31. The molecule has 2 aromatic heterocycles. The van der Waals surface area contributed by atoms with Crippen LogP contribution in [-0.2, 0) is 0 Å². The molecule has 0 spiro atoms. The average Bonchev–Trinajstić information content (AvgIpc) is 2.62. The van der Waals surface area contributed by atoms with Gasteiger partial charge in [-0.1, -0.05) is 6.07 Å². The van der Waals surface area contributed by atoms with Crippen LogP contribution in [0.5, 0.6) is 5.88 Å². The third kappa shape index (κ3) is 1.98. The highest BCUT2D eigenvalue weighted by Gasteiger charge is 2.08. The number of aromatic nitrogens is 3. The number of pyridine rings is 1. The van der Waals surface area contributed by atoms with Crippen molar-refractivity contribution in [3.63, 3.8) is 0 Å². The zero-order valence-corrected chi connectivity index (χ0v) is 8.84. The van der Waals surface area contributed by atoms with Crippen molar-refractivity contribution in [3.05, 3.63) is 36.2 Å². The number of aryl methyl sites for hydroxylation is 1. The highest BCUT2D eigenvalue weighted by molar-refractivity contribution is 5.29. The van der Waals surface area contributed by atoms with E-state index in [1.165, 1.54) is 0 Å². The van der Waals surface area contributed by atoms with E-state index in [0.717, 1.165) is 17.4 Å². The maximum atomic E-state index is 5.47. The molecule has 0 amide bonds. The Labute approximate surface area is 88.5 Å². The van der Waals surface area contributed by atoms with Gasteiger partial charge >= 0.3 is 0 Å². The maximum Gasteiger partial charge on any atom is 0.218 e. The number of hydrogen-bond acceptors (Lipinski definition) is 3. The molecule has 4 heteroatoms. The van der Waals surface area contributed by atoms with Crippen LogP contribution in [0.4, 0.5) is 0 Å². The predicted molar refractivity (Wildman–Crippen MR) is 57.3 cm³/mol. The summed E-state index contributed by atoms with van der Waals surface area (Å²) in [7, 11) is 0. The Kier molecular flexibility index (Phi) is 2.67. The van der Waals surface area contributed by atoms with Gasteiger partial charge in [0.15, 0.2) is 5.82 Å². The zero-order valence-electron chi connectivity index (χ0n) is 8.84. The van der Waals surface area contributed by atoms with E-state index in [0.29, 0.717) is 6.61 Å². The van der Waals surface area contributed by atoms with Gasteiger partial charge in [0, 0.05) is 12.3 Å². The van der Waals surface area contributed by atoms with Crippen molar-refractivity contribution in [2.75, 3.05) is 6.61 Å².